The van der Waals surface area contributed by atoms with Gasteiger partial charge in [-0.25, -0.2) is 4.98 Å². The third kappa shape index (κ3) is 1.54. The maximum Gasteiger partial charge on any atom is 0.0967 e. The van der Waals surface area contributed by atoms with Gasteiger partial charge < -0.3 is 0 Å². The normalized spacial score (nSPS) is 10.6. The predicted octanol–water partition coefficient (Wildman–Crippen LogP) is 3.27. The van der Waals surface area contributed by atoms with Gasteiger partial charge in [0, 0.05) is 5.39 Å². The van der Waals surface area contributed by atoms with E-state index in [0.29, 0.717) is 0 Å². The summed E-state index contributed by atoms with van der Waals surface area (Å²) in [5.74, 6) is 0. The van der Waals surface area contributed by atoms with E-state index >= 15 is 0 Å². The summed E-state index contributed by atoms with van der Waals surface area (Å²) in [6.45, 7) is 2.13. The van der Waals surface area contributed by atoms with Gasteiger partial charge in [0.25, 0.3) is 0 Å². The molecule has 0 saturated heterocycles. The molecule has 2 rings (SSSR count). The van der Waals surface area contributed by atoms with Crippen molar-refractivity contribution in [2.75, 3.05) is 6.26 Å². The highest BCUT2D eigenvalue weighted by atomic mass is 32.2. The zero-order valence-corrected chi connectivity index (χ0v) is 8.56. The van der Waals surface area contributed by atoms with Crippen LogP contribution in [0.5, 0.6) is 0 Å². The Hall–Kier alpha value is -1.02. The fourth-order valence-electron chi connectivity index (χ4n) is 1.42. The summed E-state index contributed by atoms with van der Waals surface area (Å²) >= 11 is 1.69. The Bertz CT molecular complexity index is 437. The second-order valence-electron chi connectivity index (χ2n) is 3.00. The number of para-hydroxylation sites is 1. The zero-order chi connectivity index (χ0) is 9.26. The first-order valence-corrected chi connectivity index (χ1v) is 5.44. The Morgan fingerprint density at radius 3 is 2.77 bits per heavy atom. The van der Waals surface area contributed by atoms with Crippen LogP contribution in [0.1, 0.15) is 5.56 Å². The summed E-state index contributed by atoms with van der Waals surface area (Å²) in [6.07, 6.45) is 2.05. The van der Waals surface area contributed by atoms with Crippen molar-refractivity contribution in [2.45, 2.75) is 11.9 Å². The Morgan fingerprint density at radius 2 is 2.00 bits per heavy atom. The number of hydrogen-bond donors (Lipinski definition) is 0. The molecule has 0 saturated carbocycles. The SMILES string of the molecule is CSc1cc(C)c2ccccc2n1. The highest BCUT2D eigenvalue weighted by Crippen LogP contribution is 2.21. The molecule has 0 unspecified atom stereocenters. The fraction of sp³-hybridized carbons (Fsp3) is 0.182. The van der Waals surface area contributed by atoms with Crippen LogP contribution in [0.2, 0.25) is 0 Å². The number of benzene rings is 1. The molecule has 0 N–H and O–H groups in total. The molecule has 0 amide bonds. The molecule has 1 aromatic heterocycles. The predicted molar refractivity (Wildman–Crippen MR) is 58.3 cm³/mol. The lowest BCUT2D eigenvalue weighted by Crippen LogP contribution is -1.85. The first-order valence-electron chi connectivity index (χ1n) is 4.21. The monoisotopic (exact) mass is 189 g/mol. The summed E-state index contributed by atoms with van der Waals surface area (Å²) < 4.78 is 0. The second kappa shape index (κ2) is 3.38. The van der Waals surface area contributed by atoms with Gasteiger partial charge in [0.15, 0.2) is 0 Å². The highest BCUT2D eigenvalue weighted by molar-refractivity contribution is 7.98. The second-order valence-corrected chi connectivity index (χ2v) is 3.83. The largest absolute Gasteiger partial charge is 0.241 e. The van der Waals surface area contributed by atoms with E-state index in [4.69, 9.17) is 0 Å². The minimum absolute atomic E-state index is 1.09. The van der Waals surface area contributed by atoms with Crippen LogP contribution in [0.4, 0.5) is 0 Å². The van der Waals surface area contributed by atoms with Gasteiger partial charge in [-0.15, -0.1) is 11.8 Å². The third-order valence-electron chi connectivity index (χ3n) is 2.11. The number of pyridine rings is 1. The van der Waals surface area contributed by atoms with Crippen molar-refractivity contribution in [3.05, 3.63) is 35.9 Å². The van der Waals surface area contributed by atoms with Gasteiger partial charge >= 0.3 is 0 Å². The molecule has 1 aromatic carbocycles. The van der Waals surface area contributed by atoms with Crippen molar-refractivity contribution in [1.82, 2.24) is 4.98 Å². The molecule has 0 fully saturated rings. The quantitative estimate of drug-likeness (QED) is 0.639. The number of hydrogen-bond acceptors (Lipinski definition) is 2. The lowest BCUT2D eigenvalue weighted by atomic mass is 10.1. The topological polar surface area (TPSA) is 12.9 Å². The fourth-order valence-corrected chi connectivity index (χ4v) is 1.91. The number of nitrogens with zero attached hydrogens (tertiary/aromatic N) is 1. The van der Waals surface area contributed by atoms with Crippen LogP contribution < -0.4 is 0 Å². The van der Waals surface area contributed by atoms with Gasteiger partial charge in [0.2, 0.25) is 0 Å². The van der Waals surface area contributed by atoms with Crippen LogP contribution in [0.15, 0.2) is 35.4 Å². The number of aryl methyl sites for hydroxylation is 1. The Labute approximate surface area is 82.2 Å². The van der Waals surface area contributed by atoms with E-state index in [0.717, 1.165) is 10.5 Å². The van der Waals surface area contributed by atoms with Gasteiger partial charge in [-0.1, -0.05) is 18.2 Å². The maximum atomic E-state index is 4.52. The van der Waals surface area contributed by atoms with E-state index in [1.807, 2.05) is 6.07 Å². The van der Waals surface area contributed by atoms with Crippen LogP contribution in [0.25, 0.3) is 10.9 Å². The highest BCUT2D eigenvalue weighted by Gasteiger charge is 1.99. The molecule has 2 heteroatoms. The van der Waals surface area contributed by atoms with Gasteiger partial charge in [0.05, 0.1) is 10.5 Å². The third-order valence-corrected chi connectivity index (χ3v) is 2.74. The molecule has 66 valence electrons. The molecule has 0 spiro atoms. The van der Waals surface area contributed by atoms with Crippen LogP contribution in [0, 0.1) is 6.92 Å². The number of fused-ring (bicyclic) bond motifs is 1. The summed E-state index contributed by atoms with van der Waals surface area (Å²) in [7, 11) is 0. The molecule has 0 radical (unpaired) electrons. The summed E-state index contributed by atoms with van der Waals surface area (Å²) in [4.78, 5) is 4.52. The van der Waals surface area contributed by atoms with E-state index in [-0.39, 0.29) is 0 Å². The van der Waals surface area contributed by atoms with E-state index in [9.17, 15) is 0 Å². The Morgan fingerprint density at radius 1 is 1.23 bits per heavy atom. The van der Waals surface area contributed by atoms with Crippen LogP contribution in [-0.2, 0) is 0 Å². The molecule has 1 nitrogen and oxygen atoms in total. The standard InChI is InChI=1S/C11H11NS/c1-8-7-11(13-2)12-10-6-4-3-5-9(8)10/h3-7H,1-2H3. The van der Waals surface area contributed by atoms with Gasteiger partial charge in [-0.3, -0.25) is 0 Å². The van der Waals surface area contributed by atoms with Crippen molar-refractivity contribution < 1.29 is 0 Å². The average molecular weight is 189 g/mol. The average Bonchev–Trinajstić information content (AvgIpc) is 2.18. The van der Waals surface area contributed by atoms with Crippen molar-refractivity contribution >= 4 is 22.7 Å². The molecule has 0 aliphatic carbocycles. The summed E-state index contributed by atoms with van der Waals surface area (Å²) in [6, 6.07) is 10.4. The molecule has 2 aromatic rings. The van der Waals surface area contributed by atoms with E-state index < -0.39 is 0 Å². The lowest BCUT2D eigenvalue weighted by molar-refractivity contribution is 1.17. The number of rotatable bonds is 1. The minimum Gasteiger partial charge on any atom is -0.241 e. The van der Waals surface area contributed by atoms with E-state index in [1.54, 1.807) is 11.8 Å². The Balaban J connectivity index is 2.77. The van der Waals surface area contributed by atoms with Crippen LogP contribution in [-0.4, -0.2) is 11.2 Å². The van der Waals surface area contributed by atoms with E-state index in [1.165, 1.54) is 10.9 Å². The molecule has 0 atom stereocenters. The van der Waals surface area contributed by atoms with Crippen molar-refractivity contribution in [3.8, 4) is 0 Å². The molecule has 0 aliphatic heterocycles. The molecule has 0 aliphatic rings. The maximum absolute atomic E-state index is 4.52. The summed E-state index contributed by atoms with van der Waals surface area (Å²) in [5, 5.41) is 2.34. The van der Waals surface area contributed by atoms with Crippen LogP contribution in [0.3, 0.4) is 0 Å². The van der Waals surface area contributed by atoms with Crippen LogP contribution >= 0.6 is 11.8 Å². The van der Waals surface area contributed by atoms with Gasteiger partial charge in [-0.05, 0) is 30.9 Å². The molecular weight excluding hydrogens is 178 g/mol. The Kier molecular flexibility index (Phi) is 2.23. The van der Waals surface area contributed by atoms with E-state index in [2.05, 4.69) is 42.4 Å². The first-order chi connectivity index (χ1) is 6.31. The van der Waals surface area contributed by atoms with Crippen molar-refractivity contribution in [1.29, 1.82) is 0 Å². The van der Waals surface area contributed by atoms with Gasteiger partial charge in [-0.2, -0.15) is 0 Å². The molecule has 13 heavy (non-hydrogen) atoms. The first kappa shape index (κ1) is 8.57. The smallest absolute Gasteiger partial charge is 0.0967 e. The molecule has 0 bridgehead atoms. The van der Waals surface area contributed by atoms with Gasteiger partial charge in [0.1, 0.15) is 0 Å². The number of aromatic nitrogens is 1. The zero-order valence-electron chi connectivity index (χ0n) is 7.74. The summed E-state index contributed by atoms with van der Waals surface area (Å²) in [5.41, 5.74) is 2.39. The minimum atomic E-state index is 1.09. The van der Waals surface area contributed by atoms with Crippen molar-refractivity contribution in [3.63, 3.8) is 0 Å². The lowest BCUT2D eigenvalue weighted by Gasteiger charge is -2.03. The number of thioether (sulfide) groups is 1. The molecule has 1 heterocycles. The molecular formula is C11H11NS. The van der Waals surface area contributed by atoms with Crippen molar-refractivity contribution in [2.24, 2.45) is 0 Å².